The van der Waals surface area contributed by atoms with Crippen molar-refractivity contribution in [2.45, 2.75) is 62.8 Å². The molecule has 0 unspecified atom stereocenters. The summed E-state index contributed by atoms with van der Waals surface area (Å²) in [5, 5.41) is 32.5. The van der Waals surface area contributed by atoms with Crippen LogP contribution in [0, 0.1) is 0 Å². The highest BCUT2D eigenvalue weighted by Gasteiger charge is 2.26. The molecule has 6 aromatic rings. The molecule has 2 saturated heterocycles. The zero-order chi connectivity index (χ0) is 34.5. The highest BCUT2D eigenvalue weighted by Crippen LogP contribution is 2.34. The second-order valence-electron chi connectivity index (χ2n) is 13.2. The first-order chi connectivity index (χ1) is 24.4. The molecular weight excluding hydrogens is 663 g/mol. The van der Waals surface area contributed by atoms with Crippen LogP contribution < -0.4 is 10.6 Å². The van der Waals surface area contributed by atoms with Gasteiger partial charge in [-0.15, -0.1) is 0 Å². The molecule has 2 fully saturated rings. The van der Waals surface area contributed by atoms with E-state index in [-0.39, 0.29) is 12.1 Å². The van der Waals surface area contributed by atoms with E-state index in [4.69, 9.17) is 33.2 Å². The predicted molar refractivity (Wildman–Crippen MR) is 206 cm³/mol. The van der Waals surface area contributed by atoms with Gasteiger partial charge in [0, 0.05) is 44.0 Å². The van der Waals surface area contributed by atoms with Crippen molar-refractivity contribution in [1.29, 1.82) is 0 Å². The van der Waals surface area contributed by atoms with E-state index in [1.54, 1.807) is 0 Å². The van der Waals surface area contributed by atoms with Crippen molar-refractivity contribution < 1.29 is 10.2 Å². The third kappa shape index (κ3) is 7.87. The van der Waals surface area contributed by atoms with Crippen LogP contribution in [0.4, 0.5) is 0 Å². The van der Waals surface area contributed by atoms with Gasteiger partial charge >= 0.3 is 0 Å². The van der Waals surface area contributed by atoms with Gasteiger partial charge in [0.15, 0.2) is 0 Å². The Labute approximate surface area is 303 Å². The number of rotatable bonds is 6. The van der Waals surface area contributed by atoms with E-state index in [0.29, 0.717) is 10.0 Å². The molecule has 4 atom stereocenters. The molecule has 4 N–H and O–H groups in total. The minimum Gasteiger partial charge on any atom is -0.387 e. The fourth-order valence-electron chi connectivity index (χ4n) is 7.16. The Bertz CT molecular complexity index is 1890. The normalized spacial score (nSPS) is 19.0. The monoisotopic (exact) mass is 704 g/mol. The highest BCUT2D eigenvalue weighted by atomic mass is 35.5. The lowest BCUT2D eigenvalue weighted by atomic mass is 9.92. The molecule has 0 aliphatic carbocycles. The number of nitrogens with zero attached hydrogens (tertiary/aromatic N) is 2. The summed E-state index contributed by atoms with van der Waals surface area (Å²) >= 11 is 12.0. The summed E-state index contributed by atoms with van der Waals surface area (Å²) in [5.41, 5.74) is 7.41. The number of fused-ring (bicyclic) bond motifs is 2. The van der Waals surface area contributed by atoms with Crippen LogP contribution in [0.1, 0.15) is 61.9 Å². The van der Waals surface area contributed by atoms with E-state index in [2.05, 4.69) is 10.6 Å². The molecule has 0 amide bonds. The number of piperidine rings is 2. The Kier molecular flexibility index (Phi) is 11.1. The molecule has 0 radical (unpaired) electrons. The van der Waals surface area contributed by atoms with Gasteiger partial charge in [0.25, 0.3) is 0 Å². The fourth-order valence-corrected chi connectivity index (χ4v) is 7.41. The largest absolute Gasteiger partial charge is 0.387 e. The third-order valence-electron chi connectivity index (χ3n) is 9.87. The number of nitrogens with one attached hydrogen (secondary N) is 2. The van der Waals surface area contributed by atoms with Crippen molar-refractivity contribution in [2.24, 2.45) is 0 Å². The predicted octanol–water partition coefficient (Wildman–Crippen LogP) is 9.46. The van der Waals surface area contributed by atoms with Gasteiger partial charge in [0.05, 0.1) is 34.6 Å². The van der Waals surface area contributed by atoms with Gasteiger partial charge < -0.3 is 20.8 Å². The number of hydrogen-bond acceptors (Lipinski definition) is 6. The second kappa shape index (κ2) is 16.0. The molecule has 0 spiro atoms. The minimum absolute atomic E-state index is 0.0950. The molecule has 4 heterocycles. The molecular formula is C42H42Cl2N4O2. The van der Waals surface area contributed by atoms with Crippen molar-refractivity contribution in [3.63, 3.8) is 0 Å². The van der Waals surface area contributed by atoms with E-state index in [1.807, 2.05) is 109 Å². The number of aliphatic hydroxyl groups is 2. The third-order valence-corrected chi connectivity index (χ3v) is 10.4. The first-order valence-electron chi connectivity index (χ1n) is 17.6. The molecule has 2 aliphatic heterocycles. The lowest BCUT2D eigenvalue weighted by Gasteiger charge is -2.29. The lowest BCUT2D eigenvalue weighted by Crippen LogP contribution is -2.38. The van der Waals surface area contributed by atoms with E-state index in [9.17, 15) is 10.2 Å². The second-order valence-corrected chi connectivity index (χ2v) is 14.1. The first-order valence-corrected chi connectivity index (χ1v) is 18.3. The van der Waals surface area contributed by atoms with Crippen molar-refractivity contribution >= 4 is 45.0 Å². The number of aromatic nitrogens is 2. The molecule has 2 aliphatic rings. The van der Waals surface area contributed by atoms with E-state index in [1.165, 1.54) is 12.8 Å². The molecule has 4 aromatic carbocycles. The summed E-state index contributed by atoms with van der Waals surface area (Å²) in [6, 6.07) is 35.6. The zero-order valence-electron chi connectivity index (χ0n) is 27.9. The quantitative estimate of drug-likeness (QED) is 0.138. The van der Waals surface area contributed by atoms with Gasteiger partial charge in [-0.25, -0.2) is 9.97 Å². The average molecular weight is 706 g/mol. The molecule has 0 saturated carbocycles. The number of halogens is 2. The Morgan fingerprint density at radius 2 is 0.940 bits per heavy atom. The Balaban J connectivity index is 0.000000157. The number of benzene rings is 4. The maximum atomic E-state index is 11.0. The van der Waals surface area contributed by atoms with Gasteiger partial charge in [-0.05, 0) is 98.4 Å². The number of para-hydroxylation sites is 2. The van der Waals surface area contributed by atoms with Gasteiger partial charge in [-0.2, -0.15) is 0 Å². The van der Waals surface area contributed by atoms with Crippen molar-refractivity contribution in [1.82, 2.24) is 20.6 Å². The van der Waals surface area contributed by atoms with Gasteiger partial charge in [-0.1, -0.05) is 96.7 Å². The molecule has 50 heavy (non-hydrogen) atoms. The fraction of sp³-hybridized carbons (Fsp3) is 0.286. The summed E-state index contributed by atoms with van der Waals surface area (Å²) in [4.78, 5) is 9.58. The van der Waals surface area contributed by atoms with Crippen molar-refractivity contribution in [3.05, 3.63) is 130 Å². The maximum absolute atomic E-state index is 11.0. The molecule has 256 valence electrons. The molecule has 6 nitrogen and oxygen atoms in total. The molecule has 8 rings (SSSR count). The van der Waals surface area contributed by atoms with E-state index in [0.717, 1.165) is 94.2 Å². The molecule has 0 bridgehead atoms. The van der Waals surface area contributed by atoms with Crippen LogP contribution in [0.3, 0.4) is 0 Å². The van der Waals surface area contributed by atoms with Crippen LogP contribution in [-0.2, 0) is 0 Å². The standard InChI is InChI=1S/2C21H21ClN2O/c2*22-15-10-8-14(9-11-15)20-13-17(16-5-1-2-6-18(16)24-20)21(25)19-7-3-4-12-23-19/h2*1-2,5-6,8-11,13,19,21,23,25H,3-4,7,12H2/t19-,21+;19-,21-/m11/s1. The summed E-state index contributed by atoms with van der Waals surface area (Å²) in [6.07, 6.45) is 5.57. The summed E-state index contributed by atoms with van der Waals surface area (Å²) in [7, 11) is 0. The molecule has 2 aromatic heterocycles. The summed E-state index contributed by atoms with van der Waals surface area (Å²) < 4.78 is 0. The minimum atomic E-state index is -0.542. The number of hydrogen-bond donors (Lipinski definition) is 4. The lowest BCUT2D eigenvalue weighted by molar-refractivity contribution is 0.115. The van der Waals surface area contributed by atoms with Crippen LogP contribution in [0.25, 0.3) is 44.3 Å². The van der Waals surface area contributed by atoms with Crippen LogP contribution in [0.2, 0.25) is 10.0 Å². The average Bonchev–Trinajstić information content (AvgIpc) is 3.18. The van der Waals surface area contributed by atoms with E-state index < -0.39 is 12.2 Å². The van der Waals surface area contributed by atoms with Gasteiger partial charge in [-0.3, -0.25) is 0 Å². The smallest absolute Gasteiger partial charge is 0.0950 e. The Morgan fingerprint density at radius 3 is 1.32 bits per heavy atom. The van der Waals surface area contributed by atoms with Crippen LogP contribution >= 0.6 is 23.2 Å². The Morgan fingerprint density at radius 1 is 0.540 bits per heavy atom. The van der Waals surface area contributed by atoms with Crippen molar-refractivity contribution in [2.75, 3.05) is 13.1 Å². The van der Waals surface area contributed by atoms with E-state index >= 15 is 0 Å². The van der Waals surface area contributed by atoms with Gasteiger partial charge in [0.1, 0.15) is 0 Å². The van der Waals surface area contributed by atoms with Crippen LogP contribution in [0.5, 0.6) is 0 Å². The number of aliphatic hydroxyl groups excluding tert-OH is 2. The SMILES string of the molecule is O[C@@H](c1cc(-c2ccc(Cl)cc2)nc2ccccc12)[C@H]1CCCCN1.O[C@H](c1cc(-c2ccc(Cl)cc2)nc2ccccc12)[C@H]1CCCCN1. The number of pyridine rings is 2. The summed E-state index contributed by atoms with van der Waals surface area (Å²) in [6.45, 7) is 1.93. The first kappa shape index (κ1) is 34.6. The topological polar surface area (TPSA) is 90.3 Å². The van der Waals surface area contributed by atoms with Crippen LogP contribution in [-0.4, -0.2) is 45.4 Å². The maximum Gasteiger partial charge on any atom is 0.0950 e. The van der Waals surface area contributed by atoms with Crippen molar-refractivity contribution in [3.8, 4) is 22.5 Å². The summed E-state index contributed by atoms with van der Waals surface area (Å²) in [5.74, 6) is 0. The highest BCUT2D eigenvalue weighted by molar-refractivity contribution is 6.30. The zero-order valence-corrected chi connectivity index (χ0v) is 29.4. The van der Waals surface area contributed by atoms with Crippen LogP contribution in [0.15, 0.2) is 109 Å². The van der Waals surface area contributed by atoms with Gasteiger partial charge in [0.2, 0.25) is 0 Å². The molecule has 8 heteroatoms. The Hall–Kier alpha value is -3.88.